The molecule has 1 unspecified atom stereocenters. The van der Waals surface area contributed by atoms with E-state index in [0.29, 0.717) is 5.56 Å². The lowest BCUT2D eigenvalue weighted by molar-refractivity contribution is -0.145. The molecule has 0 heterocycles. The Morgan fingerprint density at radius 3 is 2.21 bits per heavy atom. The molecule has 0 bridgehead atoms. The SMILES string of the molecule is CC(CCC(=O)O)(NC(=O)c1ccccc1)C(=O)O. The summed E-state index contributed by atoms with van der Waals surface area (Å²) in [5.74, 6) is -2.92. The lowest BCUT2D eigenvalue weighted by atomic mass is 9.95. The number of nitrogens with one attached hydrogen (secondary N) is 1. The fourth-order valence-corrected chi connectivity index (χ4v) is 1.49. The van der Waals surface area contributed by atoms with Crippen LogP contribution in [-0.4, -0.2) is 33.6 Å². The Hall–Kier alpha value is -2.37. The Balaban J connectivity index is 2.81. The van der Waals surface area contributed by atoms with Gasteiger partial charge in [-0.15, -0.1) is 0 Å². The maximum atomic E-state index is 11.9. The number of rotatable bonds is 6. The zero-order valence-corrected chi connectivity index (χ0v) is 10.4. The van der Waals surface area contributed by atoms with E-state index in [1.54, 1.807) is 30.3 Å². The topological polar surface area (TPSA) is 104 Å². The first-order valence-corrected chi connectivity index (χ1v) is 5.68. The first-order valence-electron chi connectivity index (χ1n) is 5.68. The summed E-state index contributed by atoms with van der Waals surface area (Å²) in [6, 6.07) is 8.15. The summed E-state index contributed by atoms with van der Waals surface area (Å²) in [6.07, 6.45) is -0.520. The van der Waals surface area contributed by atoms with E-state index in [9.17, 15) is 14.4 Å². The Kier molecular flexibility index (Phi) is 4.63. The average Bonchev–Trinajstić information content (AvgIpc) is 2.37. The van der Waals surface area contributed by atoms with Gasteiger partial charge in [0.15, 0.2) is 0 Å². The summed E-state index contributed by atoms with van der Waals surface area (Å²) in [5.41, 5.74) is -1.28. The normalized spacial score (nSPS) is 13.3. The van der Waals surface area contributed by atoms with Crippen LogP contribution < -0.4 is 5.32 Å². The molecule has 6 nitrogen and oxygen atoms in total. The van der Waals surface area contributed by atoms with Crippen LogP contribution in [0.3, 0.4) is 0 Å². The number of hydrogen-bond acceptors (Lipinski definition) is 3. The van der Waals surface area contributed by atoms with Crippen LogP contribution in [0.2, 0.25) is 0 Å². The minimum Gasteiger partial charge on any atom is -0.481 e. The minimum atomic E-state index is -1.61. The van der Waals surface area contributed by atoms with Crippen LogP contribution in [0, 0.1) is 0 Å². The maximum Gasteiger partial charge on any atom is 0.329 e. The van der Waals surface area contributed by atoms with Crippen molar-refractivity contribution >= 4 is 17.8 Å². The summed E-state index contributed by atoms with van der Waals surface area (Å²) in [5, 5.41) is 20.1. The number of carboxylic acid groups (broad SMARTS) is 2. The molecule has 1 aromatic rings. The molecule has 0 saturated carbocycles. The first kappa shape index (κ1) is 14.7. The zero-order chi connectivity index (χ0) is 14.5. The average molecular weight is 265 g/mol. The maximum absolute atomic E-state index is 11.9. The summed E-state index contributed by atoms with van der Waals surface area (Å²) >= 11 is 0. The molecule has 1 atom stereocenters. The predicted molar refractivity (Wildman–Crippen MR) is 66.8 cm³/mol. The molecule has 0 aliphatic carbocycles. The van der Waals surface area contributed by atoms with Gasteiger partial charge in [-0.05, 0) is 25.5 Å². The Bertz CT molecular complexity index is 485. The standard InChI is InChI=1S/C13H15NO5/c1-13(12(18)19,8-7-10(15)16)14-11(17)9-5-3-2-4-6-9/h2-6H,7-8H2,1H3,(H,14,17)(H,15,16)(H,18,19). The summed E-state index contributed by atoms with van der Waals surface area (Å²) < 4.78 is 0. The fourth-order valence-electron chi connectivity index (χ4n) is 1.49. The molecule has 0 fully saturated rings. The van der Waals surface area contributed by atoms with Crippen LogP contribution in [0.15, 0.2) is 30.3 Å². The number of carbonyl (C=O) groups is 3. The fraction of sp³-hybridized carbons (Fsp3) is 0.308. The third kappa shape index (κ3) is 4.09. The lowest BCUT2D eigenvalue weighted by Crippen LogP contribution is -2.52. The Morgan fingerprint density at radius 2 is 1.74 bits per heavy atom. The van der Waals surface area contributed by atoms with E-state index >= 15 is 0 Å². The van der Waals surface area contributed by atoms with E-state index in [2.05, 4.69) is 5.32 Å². The first-order chi connectivity index (χ1) is 8.85. The van der Waals surface area contributed by atoms with Gasteiger partial charge >= 0.3 is 11.9 Å². The second-order valence-corrected chi connectivity index (χ2v) is 4.35. The molecule has 0 spiro atoms. The number of hydrogen-bond donors (Lipinski definition) is 3. The van der Waals surface area contributed by atoms with Gasteiger partial charge in [-0.2, -0.15) is 0 Å². The van der Waals surface area contributed by atoms with Crippen molar-refractivity contribution in [1.29, 1.82) is 0 Å². The van der Waals surface area contributed by atoms with E-state index in [0.717, 1.165) is 0 Å². The van der Waals surface area contributed by atoms with Gasteiger partial charge in [0.2, 0.25) is 0 Å². The van der Waals surface area contributed by atoms with Gasteiger partial charge in [-0.25, -0.2) is 4.79 Å². The molecule has 1 aromatic carbocycles. The van der Waals surface area contributed by atoms with Crippen LogP contribution in [0.1, 0.15) is 30.1 Å². The quantitative estimate of drug-likeness (QED) is 0.715. The molecular weight excluding hydrogens is 250 g/mol. The molecule has 102 valence electrons. The van der Waals surface area contributed by atoms with Gasteiger partial charge in [-0.3, -0.25) is 9.59 Å². The molecule has 0 aromatic heterocycles. The molecule has 19 heavy (non-hydrogen) atoms. The highest BCUT2D eigenvalue weighted by atomic mass is 16.4. The number of carboxylic acids is 2. The van der Waals surface area contributed by atoms with E-state index in [4.69, 9.17) is 10.2 Å². The molecule has 3 N–H and O–H groups in total. The molecular formula is C13H15NO5. The van der Waals surface area contributed by atoms with Gasteiger partial charge in [0, 0.05) is 12.0 Å². The Labute approximate surface area is 110 Å². The number of amides is 1. The molecule has 0 aliphatic heterocycles. The molecule has 0 aliphatic rings. The van der Waals surface area contributed by atoms with Crippen molar-refractivity contribution in [3.05, 3.63) is 35.9 Å². The van der Waals surface area contributed by atoms with E-state index < -0.39 is 23.4 Å². The van der Waals surface area contributed by atoms with Crippen LogP contribution in [0.4, 0.5) is 0 Å². The van der Waals surface area contributed by atoms with E-state index in [1.807, 2.05) is 0 Å². The van der Waals surface area contributed by atoms with Crippen LogP contribution in [-0.2, 0) is 9.59 Å². The number of benzene rings is 1. The zero-order valence-electron chi connectivity index (χ0n) is 10.4. The predicted octanol–water partition coefficient (Wildman–Crippen LogP) is 1.12. The monoisotopic (exact) mass is 265 g/mol. The van der Waals surface area contributed by atoms with Crippen molar-refractivity contribution < 1.29 is 24.6 Å². The van der Waals surface area contributed by atoms with Crippen LogP contribution >= 0.6 is 0 Å². The highest BCUT2D eigenvalue weighted by molar-refractivity contribution is 5.97. The second kappa shape index (κ2) is 5.99. The smallest absolute Gasteiger partial charge is 0.329 e. The number of aliphatic carboxylic acids is 2. The largest absolute Gasteiger partial charge is 0.481 e. The van der Waals surface area contributed by atoms with Crippen molar-refractivity contribution in [2.75, 3.05) is 0 Å². The van der Waals surface area contributed by atoms with Crippen LogP contribution in [0.5, 0.6) is 0 Å². The van der Waals surface area contributed by atoms with Gasteiger partial charge in [-0.1, -0.05) is 18.2 Å². The van der Waals surface area contributed by atoms with Gasteiger partial charge in [0.05, 0.1) is 0 Å². The molecule has 6 heteroatoms. The second-order valence-electron chi connectivity index (χ2n) is 4.35. The summed E-state index contributed by atoms with van der Waals surface area (Å²) in [4.78, 5) is 33.6. The van der Waals surface area contributed by atoms with E-state index in [-0.39, 0.29) is 12.8 Å². The third-order valence-corrected chi connectivity index (χ3v) is 2.74. The molecule has 0 saturated heterocycles. The molecule has 1 rings (SSSR count). The summed E-state index contributed by atoms with van der Waals surface area (Å²) in [7, 11) is 0. The van der Waals surface area contributed by atoms with Crippen molar-refractivity contribution in [2.45, 2.75) is 25.3 Å². The van der Waals surface area contributed by atoms with Gasteiger partial charge in [0.1, 0.15) is 5.54 Å². The molecule has 0 radical (unpaired) electrons. The third-order valence-electron chi connectivity index (χ3n) is 2.74. The van der Waals surface area contributed by atoms with Crippen molar-refractivity contribution in [3.63, 3.8) is 0 Å². The van der Waals surface area contributed by atoms with Crippen molar-refractivity contribution in [3.8, 4) is 0 Å². The Morgan fingerprint density at radius 1 is 1.16 bits per heavy atom. The van der Waals surface area contributed by atoms with Crippen molar-refractivity contribution in [1.82, 2.24) is 5.32 Å². The number of carbonyl (C=O) groups excluding carboxylic acids is 1. The highest BCUT2D eigenvalue weighted by Crippen LogP contribution is 2.14. The minimum absolute atomic E-state index is 0.184. The van der Waals surface area contributed by atoms with Crippen LogP contribution in [0.25, 0.3) is 0 Å². The lowest BCUT2D eigenvalue weighted by Gasteiger charge is -2.25. The summed E-state index contributed by atoms with van der Waals surface area (Å²) in [6.45, 7) is 1.29. The van der Waals surface area contributed by atoms with Crippen molar-refractivity contribution in [2.24, 2.45) is 0 Å². The highest BCUT2D eigenvalue weighted by Gasteiger charge is 2.35. The van der Waals surface area contributed by atoms with Gasteiger partial charge < -0.3 is 15.5 Å². The van der Waals surface area contributed by atoms with E-state index in [1.165, 1.54) is 6.92 Å². The van der Waals surface area contributed by atoms with Gasteiger partial charge in [0.25, 0.3) is 5.91 Å². The molecule has 1 amide bonds.